The van der Waals surface area contributed by atoms with Crippen LogP contribution < -0.4 is 11.1 Å². The molecule has 0 bridgehead atoms. The van der Waals surface area contributed by atoms with E-state index in [4.69, 9.17) is 5.73 Å². The van der Waals surface area contributed by atoms with E-state index in [1.165, 1.54) is 6.07 Å². The van der Waals surface area contributed by atoms with Crippen LogP contribution in [0.4, 0.5) is 8.78 Å². The molecule has 0 spiro atoms. The van der Waals surface area contributed by atoms with Crippen molar-refractivity contribution in [2.75, 3.05) is 20.1 Å². The number of halogens is 2. The molecule has 0 radical (unpaired) electrons. The lowest BCUT2D eigenvalue weighted by Crippen LogP contribution is -2.24. The van der Waals surface area contributed by atoms with E-state index in [2.05, 4.69) is 5.32 Å². The molecule has 78 valence electrons. The summed E-state index contributed by atoms with van der Waals surface area (Å²) in [6.45, 7) is 1.06. The Morgan fingerprint density at radius 3 is 2.57 bits per heavy atom. The van der Waals surface area contributed by atoms with Crippen LogP contribution in [0.5, 0.6) is 0 Å². The Hall–Kier alpha value is -1.00. The lowest BCUT2D eigenvalue weighted by molar-refractivity contribution is 0.504. The van der Waals surface area contributed by atoms with Crippen molar-refractivity contribution < 1.29 is 8.78 Å². The van der Waals surface area contributed by atoms with E-state index in [1.54, 1.807) is 13.1 Å². The van der Waals surface area contributed by atoms with Gasteiger partial charge in [-0.25, -0.2) is 8.78 Å². The Morgan fingerprint density at radius 2 is 2.07 bits per heavy atom. The summed E-state index contributed by atoms with van der Waals surface area (Å²) in [5.41, 5.74) is 6.25. The lowest BCUT2D eigenvalue weighted by atomic mass is 9.99. The molecule has 0 heterocycles. The molecule has 0 fully saturated rings. The Balaban J connectivity index is 2.88. The van der Waals surface area contributed by atoms with Crippen molar-refractivity contribution in [1.29, 1.82) is 0 Å². The predicted octanol–water partition coefficient (Wildman–Crippen LogP) is 1.23. The first-order valence-corrected chi connectivity index (χ1v) is 4.48. The van der Waals surface area contributed by atoms with Gasteiger partial charge in [-0.15, -0.1) is 0 Å². The molecule has 1 atom stereocenters. The largest absolute Gasteiger partial charge is 0.330 e. The van der Waals surface area contributed by atoms with Crippen molar-refractivity contribution in [3.63, 3.8) is 0 Å². The van der Waals surface area contributed by atoms with E-state index in [9.17, 15) is 8.78 Å². The van der Waals surface area contributed by atoms with Crippen molar-refractivity contribution in [2.45, 2.75) is 5.92 Å². The van der Waals surface area contributed by atoms with E-state index >= 15 is 0 Å². The van der Waals surface area contributed by atoms with Gasteiger partial charge in [0, 0.05) is 19.0 Å². The smallest absolute Gasteiger partial charge is 0.159 e. The fourth-order valence-corrected chi connectivity index (χ4v) is 1.35. The minimum absolute atomic E-state index is 0.0232. The summed E-state index contributed by atoms with van der Waals surface area (Å²) in [4.78, 5) is 0. The second kappa shape index (κ2) is 5.02. The lowest BCUT2D eigenvalue weighted by Gasteiger charge is -2.14. The fraction of sp³-hybridized carbons (Fsp3) is 0.400. The standard InChI is InChI=1S/C10H14F2N2/c1-14-6-8(5-13)7-2-3-9(11)10(12)4-7/h2-4,8,14H,5-6,13H2,1H3. The molecule has 1 unspecified atom stereocenters. The summed E-state index contributed by atoms with van der Waals surface area (Å²) in [5, 5.41) is 2.96. The molecule has 0 aliphatic rings. The van der Waals surface area contributed by atoms with Crippen LogP contribution in [0.1, 0.15) is 11.5 Å². The van der Waals surface area contributed by atoms with E-state index in [-0.39, 0.29) is 5.92 Å². The Bertz CT molecular complexity index is 302. The van der Waals surface area contributed by atoms with Gasteiger partial charge in [-0.2, -0.15) is 0 Å². The molecule has 1 rings (SSSR count). The summed E-state index contributed by atoms with van der Waals surface area (Å²) >= 11 is 0. The van der Waals surface area contributed by atoms with Gasteiger partial charge in [-0.1, -0.05) is 6.07 Å². The van der Waals surface area contributed by atoms with Crippen LogP contribution >= 0.6 is 0 Å². The monoisotopic (exact) mass is 200 g/mol. The highest BCUT2D eigenvalue weighted by molar-refractivity contribution is 5.22. The first-order valence-electron chi connectivity index (χ1n) is 4.48. The average Bonchev–Trinajstić information content (AvgIpc) is 2.19. The van der Waals surface area contributed by atoms with Gasteiger partial charge < -0.3 is 11.1 Å². The highest BCUT2D eigenvalue weighted by atomic mass is 19.2. The molecule has 2 nitrogen and oxygen atoms in total. The first kappa shape index (κ1) is 11.1. The minimum Gasteiger partial charge on any atom is -0.330 e. The SMILES string of the molecule is CNCC(CN)c1ccc(F)c(F)c1. The quantitative estimate of drug-likeness (QED) is 0.767. The van der Waals surface area contributed by atoms with Gasteiger partial charge in [-0.3, -0.25) is 0 Å². The third-order valence-electron chi connectivity index (χ3n) is 2.15. The minimum atomic E-state index is -0.825. The van der Waals surface area contributed by atoms with Crippen LogP contribution in [0.15, 0.2) is 18.2 Å². The van der Waals surface area contributed by atoms with Gasteiger partial charge in [0.05, 0.1) is 0 Å². The molecule has 1 aromatic carbocycles. The third-order valence-corrected chi connectivity index (χ3v) is 2.15. The van der Waals surface area contributed by atoms with Crippen molar-refractivity contribution in [3.05, 3.63) is 35.4 Å². The molecule has 0 amide bonds. The Labute approximate surface area is 82.1 Å². The van der Waals surface area contributed by atoms with Gasteiger partial charge >= 0.3 is 0 Å². The molecule has 14 heavy (non-hydrogen) atoms. The molecule has 0 saturated heterocycles. The summed E-state index contributed by atoms with van der Waals surface area (Å²) in [6.07, 6.45) is 0. The highest BCUT2D eigenvalue weighted by Gasteiger charge is 2.11. The number of nitrogens with one attached hydrogen (secondary N) is 1. The summed E-state index contributed by atoms with van der Waals surface area (Å²) in [5.74, 6) is -1.62. The normalized spacial score (nSPS) is 12.9. The van der Waals surface area contributed by atoms with Gasteiger partial charge in [-0.05, 0) is 24.7 Å². The van der Waals surface area contributed by atoms with Crippen molar-refractivity contribution in [1.82, 2.24) is 5.32 Å². The second-order valence-corrected chi connectivity index (χ2v) is 3.16. The molecule has 4 heteroatoms. The zero-order valence-electron chi connectivity index (χ0n) is 8.06. The van der Waals surface area contributed by atoms with E-state index in [0.29, 0.717) is 13.1 Å². The van der Waals surface area contributed by atoms with Crippen molar-refractivity contribution >= 4 is 0 Å². The topological polar surface area (TPSA) is 38.0 Å². The average molecular weight is 200 g/mol. The molecule has 0 aliphatic carbocycles. The fourth-order valence-electron chi connectivity index (χ4n) is 1.35. The predicted molar refractivity (Wildman–Crippen MR) is 52.1 cm³/mol. The molecular formula is C10H14F2N2. The zero-order chi connectivity index (χ0) is 10.6. The maximum absolute atomic E-state index is 12.9. The van der Waals surface area contributed by atoms with Crippen LogP contribution in [-0.4, -0.2) is 20.1 Å². The van der Waals surface area contributed by atoms with Crippen LogP contribution in [0, 0.1) is 11.6 Å². The van der Waals surface area contributed by atoms with Crippen LogP contribution in [0.25, 0.3) is 0 Å². The summed E-state index contributed by atoms with van der Waals surface area (Å²) in [6, 6.07) is 3.89. The maximum Gasteiger partial charge on any atom is 0.159 e. The molecule has 0 saturated carbocycles. The van der Waals surface area contributed by atoms with E-state index in [1.807, 2.05) is 0 Å². The highest BCUT2D eigenvalue weighted by Crippen LogP contribution is 2.16. The van der Waals surface area contributed by atoms with Crippen LogP contribution in [0.2, 0.25) is 0 Å². The van der Waals surface area contributed by atoms with Crippen molar-refractivity contribution in [3.8, 4) is 0 Å². The summed E-state index contributed by atoms with van der Waals surface area (Å²) in [7, 11) is 1.79. The Morgan fingerprint density at radius 1 is 1.36 bits per heavy atom. The number of rotatable bonds is 4. The van der Waals surface area contributed by atoms with Gasteiger partial charge in [0.2, 0.25) is 0 Å². The first-order chi connectivity index (χ1) is 6.69. The van der Waals surface area contributed by atoms with E-state index < -0.39 is 11.6 Å². The maximum atomic E-state index is 12.9. The number of hydrogen-bond acceptors (Lipinski definition) is 2. The van der Waals surface area contributed by atoms with Crippen LogP contribution in [0.3, 0.4) is 0 Å². The number of likely N-dealkylation sites (N-methyl/N-ethyl adjacent to an activating group) is 1. The molecule has 1 aromatic rings. The summed E-state index contributed by atoms with van der Waals surface area (Å²) < 4.78 is 25.5. The van der Waals surface area contributed by atoms with Gasteiger partial charge in [0.25, 0.3) is 0 Å². The molecule has 0 aromatic heterocycles. The molecular weight excluding hydrogens is 186 g/mol. The Kier molecular flexibility index (Phi) is 3.98. The molecule has 3 N–H and O–H groups in total. The van der Waals surface area contributed by atoms with Crippen LogP contribution in [-0.2, 0) is 0 Å². The number of hydrogen-bond donors (Lipinski definition) is 2. The zero-order valence-corrected chi connectivity index (χ0v) is 8.06. The van der Waals surface area contributed by atoms with Crippen molar-refractivity contribution in [2.24, 2.45) is 5.73 Å². The molecule has 0 aliphatic heterocycles. The second-order valence-electron chi connectivity index (χ2n) is 3.16. The van der Waals surface area contributed by atoms with Gasteiger partial charge in [0.1, 0.15) is 0 Å². The third kappa shape index (κ3) is 2.49. The van der Waals surface area contributed by atoms with Gasteiger partial charge in [0.15, 0.2) is 11.6 Å². The number of benzene rings is 1. The number of nitrogens with two attached hydrogens (primary N) is 1. The van der Waals surface area contributed by atoms with E-state index in [0.717, 1.165) is 11.6 Å².